The van der Waals surface area contributed by atoms with Crippen LogP contribution >= 0.6 is 47.3 Å². The van der Waals surface area contributed by atoms with Gasteiger partial charge in [0.1, 0.15) is 5.76 Å². The molecule has 0 unspecified atom stereocenters. The van der Waals surface area contributed by atoms with Crippen molar-refractivity contribution in [3.8, 4) is 0 Å². The number of hydrogen-bond donors (Lipinski definition) is 0. The summed E-state index contributed by atoms with van der Waals surface area (Å²) in [5, 5.41) is 1.33. The highest BCUT2D eigenvalue weighted by atomic mass is 35.5. The van der Waals surface area contributed by atoms with E-state index in [1.54, 1.807) is 18.2 Å². The molecule has 3 nitrogen and oxygen atoms in total. The zero-order chi connectivity index (χ0) is 22.9. The van der Waals surface area contributed by atoms with Gasteiger partial charge in [0.15, 0.2) is 9.41 Å². The Hall–Kier alpha value is -2.20. The van der Waals surface area contributed by atoms with Gasteiger partial charge in [-0.1, -0.05) is 65.5 Å². The van der Waals surface area contributed by atoms with E-state index in [-0.39, 0.29) is 14.9 Å². The molecule has 0 atom stereocenters. The van der Waals surface area contributed by atoms with Crippen LogP contribution in [-0.2, 0) is 16.7 Å². The second-order valence-corrected chi connectivity index (χ2v) is 9.73. The summed E-state index contributed by atoms with van der Waals surface area (Å²) >= 11 is 13.6. The highest BCUT2D eigenvalue weighted by Gasteiger charge is 2.36. The lowest BCUT2D eigenvalue weighted by Gasteiger charge is -2.16. The summed E-state index contributed by atoms with van der Waals surface area (Å²) < 4.78 is 45.0. The second-order valence-electron chi connectivity index (χ2n) is 6.64. The van der Waals surface area contributed by atoms with Crippen molar-refractivity contribution >= 4 is 69.3 Å². The van der Waals surface area contributed by atoms with E-state index in [2.05, 4.69) is 0 Å². The molecule has 0 saturated carbocycles. The molecular formula is C22H13ClF3NO2S3. The highest BCUT2D eigenvalue weighted by molar-refractivity contribution is 8.27. The van der Waals surface area contributed by atoms with Crippen molar-refractivity contribution in [2.45, 2.75) is 17.0 Å². The topological polar surface area (TPSA) is 33.5 Å². The maximum Gasteiger partial charge on any atom is 0.416 e. The smallest absolute Gasteiger partial charge is 0.416 e. The number of nitrogens with zero attached hydrogens (tertiary/aromatic N) is 1. The van der Waals surface area contributed by atoms with Crippen LogP contribution in [0.2, 0.25) is 5.02 Å². The van der Waals surface area contributed by atoms with Gasteiger partial charge in [0.05, 0.1) is 16.2 Å². The van der Waals surface area contributed by atoms with Crippen molar-refractivity contribution in [2.24, 2.45) is 0 Å². The van der Waals surface area contributed by atoms with Gasteiger partial charge in [-0.05, 0) is 48.0 Å². The van der Waals surface area contributed by atoms with Crippen molar-refractivity contribution in [2.75, 3.05) is 4.90 Å². The van der Waals surface area contributed by atoms with Crippen LogP contribution in [0.1, 0.15) is 16.9 Å². The van der Waals surface area contributed by atoms with E-state index in [1.807, 2.05) is 24.3 Å². The largest absolute Gasteiger partial charge is 0.450 e. The van der Waals surface area contributed by atoms with Crippen LogP contribution in [0.4, 0.5) is 18.9 Å². The summed E-state index contributed by atoms with van der Waals surface area (Å²) in [7, 11) is 0. The molecule has 0 radical (unpaired) electrons. The van der Waals surface area contributed by atoms with Gasteiger partial charge in [-0.2, -0.15) is 13.2 Å². The van der Waals surface area contributed by atoms with E-state index in [0.29, 0.717) is 21.6 Å². The summed E-state index contributed by atoms with van der Waals surface area (Å²) in [6.07, 6.45) is -2.97. The first kappa shape index (κ1) is 23.0. The summed E-state index contributed by atoms with van der Waals surface area (Å²) in [6.45, 7) is 0. The third kappa shape index (κ3) is 5.23. The minimum absolute atomic E-state index is 0.0735. The molecule has 2 heterocycles. The van der Waals surface area contributed by atoms with Gasteiger partial charge in [-0.3, -0.25) is 9.69 Å². The van der Waals surface area contributed by atoms with Gasteiger partial charge in [-0.25, -0.2) is 0 Å². The average Bonchev–Trinajstić information content (AvgIpc) is 3.31. The standard InChI is InChI=1S/C22H13ClF3NO2S3/c23-15-6-4-13(5-7-15)12-31-19-9-8-17(29-19)11-18-20(28)27(21(30)32-18)16-3-1-2-14(10-16)22(24,25)26/h1-11H,12H2/b18-11-. The molecule has 1 aromatic heterocycles. The van der Waals surface area contributed by atoms with Crippen LogP contribution in [-0.4, -0.2) is 10.2 Å². The van der Waals surface area contributed by atoms with Crippen LogP contribution < -0.4 is 4.90 Å². The Labute approximate surface area is 200 Å². The van der Waals surface area contributed by atoms with Gasteiger partial charge >= 0.3 is 6.18 Å². The number of carbonyl (C=O) groups excluding carboxylic acids is 1. The molecule has 0 N–H and O–H groups in total. The molecule has 0 aliphatic carbocycles. The van der Waals surface area contributed by atoms with Crippen LogP contribution in [0.25, 0.3) is 6.08 Å². The van der Waals surface area contributed by atoms with Crippen LogP contribution in [0.5, 0.6) is 0 Å². The fourth-order valence-electron chi connectivity index (χ4n) is 2.87. The highest BCUT2D eigenvalue weighted by Crippen LogP contribution is 2.39. The van der Waals surface area contributed by atoms with E-state index in [1.165, 1.54) is 23.9 Å². The first-order valence-electron chi connectivity index (χ1n) is 9.13. The lowest BCUT2D eigenvalue weighted by Crippen LogP contribution is -2.27. The Morgan fingerprint density at radius 2 is 1.88 bits per heavy atom. The summed E-state index contributed by atoms with van der Waals surface area (Å²) in [5.41, 5.74) is 0.310. The quantitative estimate of drug-likeness (QED) is 0.199. The SMILES string of the molecule is O=C1/C(=C/c2ccc(SCc3ccc(Cl)cc3)o2)SC(=S)N1c1cccc(C(F)(F)F)c1. The van der Waals surface area contributed by atoms with Gasteiger partial charge in [0.25, 0.3) is 5.91 Å². The number of thioether (sulfide) groups is 2. The molecule has 164 valence electrons. The third-order valence-corrected chi connectivity index (χ3v) is 6.93. The molecule has 4 rings (SSSR count). The molecule has 1 fully saturated rings. The number of rotatable bonds is 5. The number of benzene rings is 2. The number of carbonyl (C=O) groups is 1. The van der Waals surface area contributed by atoms with Gasteiger partial charge < -0.3 is 4.42 Å². The molecule has 10 heteroatoms. The maximum absolute atomic E-state index is 13.0. The lowest BCUT2D eigenvalue weighted by atomic mass is 10.2. The van der Waals surface area contributed by atoms with E-state index in [9.17, 15) is 18.0 Å². The van der Waals surface area contributed by atoms with Crippen molar-refractivity contribution in [3.63, 3.8) is 0 Å². The first-order valence-corrected chi connectivity index (χ1v) is 11.7. The number of amides is 1. The van der Waals surface area contributed by atoms with Crippen molar-refractivity contribution in [1.82, 2.24) is 0 Å². The Morgan fingerprint density at radius 1 is 1.12 bits per heavy atom. The van der Waals surface area contributed by atoms with Crippen LogP contribution in [0, 0.1) is 0 Å². The molecule has 0 spiro atoms. The molecule has 32 heavy (non-hydrogen) atoms. The third-order valence-electron chi connectivity index (χ3n) is 4.40. The van der Waals surface area contributed by atoms with Gasteiger partial charge in [-0.15, -0.1) is 0 Å². The zero-order valence-corrected chi connectivity index (χ0v) is 19.3. The lowest BCUT2D eigenvalue weighted by molar-refractivity contribution is -0.137. The van der Waals surface area contributed by atoms with E-state index >= 15 is 0 Å². The van der Waals surface area contributed by atoms with E-state index in [0.717, 1.165) is 34.4 Å². The number of furan rings is 1. The van der Waals surface area contributed by atoms with Gasteiger partial charge in [0.2, 0.25) is 0 Å². The molecule has 1 amide bonds. The second kappa shape index (κ2) is 9.35. The number of hydrogen-bond acceptors (Lipinski definition) is 5. The summed E-state index contributed by atoms with van der Waals surface area (Å²) in [6, 6.07) is 15.5. The minimum atomic E-state index is -4.51. The predicted octanol–water partition coefficient (Wildman–Crippen LogP) is 7.65. The molecular weight excluding hydrogens is 499 g/mol. The fourth-order valence-corrected chi connectivity index (χ4v) is 5.09. The molecule has 2 aromatic carbocycles. The van der Waals surface area contributed by atoms with Crippen molar-refractivity contribution in [3.05, 3.63) is 87.5 Å². The monoisotopic (exact) mass is 511 g/mol. The number of thiocarbonyl (C=S) groups is 1. The predicted molar refractivity (Wildman–Crippen MR) is 127 cm³/mol. The van der Waals surface area contributed by atoms with Crippen molar-refractivity contribution < 1.29 is 22.4 Å². The number of anilines is 1. The Morgan fingerprint density at radius 3 is 2.59 bits per heavy atom. The van der Waals surface area contributed by atoms with Gasteiger partial charge in [0, 0.05) is 16.9 Å². The zero-order valence-electron chi connectivity index (χ0n) is 16.1. The first-order chi connectivity index (χ1) is 15.2. The van der Waals surface area contributed by atoms with Crippen molar-refractivity contribution in [1.29, 1.82) is 0 Å². The summed E-state index contributed by atoms with van der Waals surface area (Å²) in [4.78, 5) is 14.2. The molecule has 1 saturated heterocycles. The average molecular weight is 512 g/mol. The van der Waals surface area contributed by atoms with E-state index < -0.39 is 17.6 Å². The van der Waals surface area contributed by atoms with Crippen LogP contribution in [0.15, 0.2) is 75.1 Å². The van der Waals surface area contributed by atoms with Crippen LogP contribution in [0.3, 0.4) is 0 Å². The number of alkyl halides is 3. The fraction of sp³-hybridized carbons (Fsp3) is 0.0909. The Balaban J connectivity index is 1.48. The Bertz CT molecular complexity index is 1210. The molecule has 0 bridgehead atoms. The van der Waals surface area contributed by atoms with E-state index in [4.69, 9.17) is 28.2 Å². The minimum Gasteiger partial charge on any atom is -0.450 e. The molecule has 1 aliphatic rings. The number of halogens is 4. The Kier molecular flexibility index (Phi) is 6.71. The maximum atomic E-state index is 13.0. The normalized spacial score (nSPS) is 15.8. The molecule has 1 aliphatic heterocycles. The molecule has 3 aromatic rings. The summed E-state index contributed by atoms with van der Waals surface area (Å²) in [5.74, 6) is 0.640.